The largest absolute Gasteiger partial charge is 0.311 e. The third kappa shape index (κ3) is 6.80. The van der Waals surface area contributed by atoms with E-state index in [2.05, 4.69) is 222 Å². The van der Waals surface area contributed by atoms with Gasteiger partial charge < -0.3 is 9.80 Å². The quantitative estimate of drug-likeness (QED) is 0.164. The van der Waals surface area contributed by atoms with E-state index in [4.69, 9.17) is 0 Å². The van der Waals surface area contributed by atoms with Gasteiger partial charge in [0.1, 0.15) is 0 Å². The van der Waals surface area contributed by atoms with Crippen molar-refractivity contribution in [2.75, 3.05) is 9.80 Å². The maximum atomic E-state index is 2.66. The van der Waals surface area contributed by atoms with Crippen LogP contribution >= 0.6 is 11.3 Å². The Labute approximate surface area is 382 Å². The van der Waals surface area contributed by atoms with Crippen LogP contribution in [0.5, 0.6) is 0 Å². The number of thiophene rings is 1. The van der Waals surface area contributed by atoms with Crippen molar-refractivity contribution in [2.24, 2.45) is 0 Å². The van der Waals surface area contributed by atoms with Crippen molar-refractivity contribution in [3.8, 4) is 11.1 Å². The molecule has 2 nitrogen and oxygen atoms in total. The van der Waals surface area contributed by atoms with Gasteiger partial charge in [-0.05, 0) is 157 Å². The SMILES string of the molecule is Cc1cc2c3c(c1)N(c1ccc(C(C)(C)C)cc1)c1c(sc4cc5c(cc14)C(C)(C)CCC5(C)C)B3c1ccc(-c3ccccc3)cc1N2c1cc(C(C)(C)C)cc(C(C)(C)C)c1. The van der Waals surface area contributed by atoms with Crippen LogP contribution in [0.1, 0.15) is 136 Å². The lowest BCUT2D eigenvalue weighted by Crippen LogP contribution is -2.60. The zero-order chi connectivity index (χ0) is 44.8. The summed E-state index contributed by atoms with van der Waals surface area (Å²) in [5.41, 5.74) is 21.5. The number of anilines is 6. The highest BCUT2D eigenvalue weighted by Gasteiger charge is 2.47. The minimum absolute atomic E-state index is 0.0284. The number of hydrogen-bond acceptors (Lipinski definition) is 3. The van der Waals surface area contributed by atoms with Crippen LogP contribution in [0.4, 0.5) is 34.1 Å². The highest BCUT2D eigenvalue weighted by Crippen LogP contribution is 2.53. The standard InChI is InChI=1S/C59H65BN2S/c1-36-28-49-52-50(29-36)62(42-23-21-39(22-24-42)55(2,3)4)53-44-34-45-46(59(13,14)27-26-58(45,11)12)35-51(44)63-54(53)60(52)47-25-20-38(37-18-16-15-17-19-37)30-48(47)61(49)43-32-40(56(5,6)7)31-41(33-43)57(8,9)10/h15-25,28-35H,26-27H2,1-14H3. The summed E-state index contributed by atoms with van der Waals surface area (Å²) in [6.45, 7) is 33.3. The molecular formula is C59H65BN2S. The van der Waals surface area contributed by atoms with Gasteiger partial charge in [0.15, 0.2) is 0 Å². The molecule has 63 heavy (non-hydrogen) atoms. The Morgan fingerprint density at radius 2 is 1.10 bits per heavy atom. The van der Waals surface area contributed by atoms with E-state index in [1.165, 1.54) is 117 Å². The van der Waals surface area contributed by atoms with Gasteiger partial charge in [-0.3, -0.25) is 0 Å². The van der Waals surface area contributed by atoms with Crippen molar-refractivity contribution >= 4 is 78.0 Å². The number of benzene rings is 6. The van der Waals surface area contributed by atoms with Crippen molar-refractivity contribution in [3.63, 3.8) is 0 Å². The first kappa shape index (κ1) is 41.9. The monoisotopic (exact) mass is 844 g/mol. The fourth-order valence-electron chi connectivity index (χ4n) is 10.7. The summed E-state index contributed by atoms with van der Waals surface area (Å²) < 4.78 is 2.83. The second-order valence-corrected chi connectivity index (χ2v) is 24.6. The molecule has 7 aromatic rings. The smallest absolute Gasteiger partial charge is 0.264 e. The molecule has 4 heteroatoms. The lowest BCUT2D eigenvalue weighted by atomic mass is 9.36. The van der Waals surface area contributed by atoms with Crippen molar-refractivity contribution in [3.05, 3.63) is 149 Å². The Morgan fingerprint density at radius 1 is 0.524 bits per heavy atom. The molecule has 0 radical (unpaired) electrons. The van der Waals surface area contributed by atoms with Crippen LogP contribution in [0.3, 0.4) is 0 Å². The van der Waals surface area contributed by atoms with Crippen LogP contribution < -0.4 is 25.5 Å². The molecule has 3 heterocycles. The van der Waals surface area contributed by atoms with Gasteiger partial charge in [-0.15, -0.1) is 11.3 Å². The highest BCUT2D eigenvalue weighted by atomic mass is 32.1. The highest BCUT2D eigenvalue weighted by molar-refractivity contribution is 7.33. The van der Waals surface area contributed by atoms with E-state index in [0.29, 0.717) is 0 Å². The summed E-state index contributed by atoms with van der Waals surface area (Å²) in [4.78, 5) is 5.29. The molecule has 10 rings (SSSR count). The second kappa shape index (κ2) is 14.0. The number of hydrogen-bond donors (Lipinski definition) is 0. The molecule has 0 spiro atoms. The first-order chi connectivity index (χ1) is 29.5. The predicted octanol–water partition coefficient (Wildman–Crippen LogP) is 15.2. The Hall–Kier alpha value is -5.06. The maximum absolute atomic E-state index is 2.66. The fraction of sp³-hybridized carbons (Fsp3) is 0.356. The molecule has 3 aliphatic rings. The fourth-order valence-corrected chi connectivity index (χ4v) is 12.1. The lowest BCUT2D eigenvalue weighted by Gasteiger charge is -2.44. The van der Waals surface area contributed by atoms with E-state index in [1.807, 2.05) is 11.3 Å². The van der Waals surface area contributed by atoms with E-state index < -0.39 is 0 Å². The van der Waals surface area contributed by atoms with Gasteiger partial charge in [0.05, 0.1) is 5.69 Å². The van der Waals surface area contributed by atoms with Gasteiger partial charge in [0.25, 0.3) is 6.71 Å². The molecule has 320 valence electrons. The number of rotatable bonds is 3. The number of nitrogens with zero attached hydrogens (tertiary/aromatic N) is 2. The summed E-state index contributed by atoms with van der Waals surface area (Å²) in [5, 5.41) is 1.38. The van der Waals surface area contributed by atoms with Gasteiger partial charge in [-0.25, -0.2) is 0 Å². The minimum atomic E-state index is -0.0284. The van der Waals surface area contributed by atoms with E-state index in [9.17, 15) is 0 Å². The molecule has 2 aliphatic heterocycles. The Bertz CT molecular complexity index is 2930. The molecule has 1 aliphatic carbocycles. The lowest BCUT2D eigenvalue weighted by molar-refractivity contribution is 0.332. The van der Waals surface area contributed by atoms with Gasteiger partial charge in [0.2, 0.25) is 0 Å². The van der Waals surface area contributed by atoms with Crippen LogP contribution in [-0.2, 0) is 27.1 Å². The van der Waals surface area contributed by atoms with E-state index in [1.54, 1.807) is 0 Å². The molecule has 6 aromatic carbocycles. The zero-order valence-corrected chi connectivity index (χ0v) is 41.1. The van der Waals surface area contributed by atoms with Crippen molar-refractivity contribution in [1.29, 1.82) is 0 Å². The topological polar surface area (TPSA) is 6.48 Å². The molecule has 0 unspecified atom stereocenters. The third-order valence-corrected chi connectivity index (χ3v) is 16.0. The van der Waals surface area contributed by atoms with Gasteiger partial charge >= 0.3 is 0 Å². The predicted molar refractivity (Wildman–Crippen MR) is 277 cm³/mol. The van der Waals surface area contributed by atoms with Crippen molar-refractivity contribution < 1.29 is 0 Å². The maximum Gasteiger partial charge on any atom is 0.264 e. The van der Waals surface area contributed by atoms with Crippen molar-refractivity contribution in [1.82, 2.24) is 0 Å². The Kier molecular flexibility index (Phi) is 9.30. The molecular weight excluding hydrogens is 780 g/mol. The summed E-state index contributed by atoms with van der Waals surface area (Å²) >= 11 is 2.03. The van der Waals surface area contributed by atoms with E-state index in [0.717, 1.165) is 0 Å². The van der Waals surface area contributed by atoms with Gasteiger partial charge in [-0.1, -0.05) is 151 Å². The van der Waals surface area contributed by atoms with Crippen LogP contribution in [0.25, 0.3) is 21.2 Å². The molecule has 0 amide bonds. The zero-order valence-electron chi connectivity index (χ0n) is 40.3. The molecule has 0 N–H and O–H groups in total. The van der Waals surface area contributed by atoms with Crippen LogP contribution in [-0.4, -0.2) is 6.71 Å². The van der Waals surface area contributed by atoms with Crippen LogP contribution in [0.15, 0.2) is 115 Å². The van der Waals surface area contributed by atoms with Crippen molar-refractivity contribution in [2.45, 2.75) is 137 Å². The van der Waals surface area contributed by atoms with E-state index in [-0.39, 0.29) is 33.8 Å². The Balaban J connectivity index is 1.33. The number of fused-ring (bicyclic) bond motifs is 7. The van der Waals surface area contributed by atoms with Crippen LogP contribution in [0.2, 0.25) is 0 Å². The molecule has 0 saturated heterocycles. The average molecular weight is 845 g/mol. The minimum Gasteiger partial charge on any atom is -0.311 e. The molecule has 0 bridgehead atoms. The average Bonchev–Trinajstić information content (AvgIpc) is 3.59. The van der Waals surface area contributed by atoms with Gasteiger partial charge in [0, 0.05) is 43.3 Å². The summed E-state index contributed by atoms with van der Waals surface area (Å²) in [6.07, 6.45) is 2.39. The first-order valence-corrected chi connectivity index (χ1v) is 24.2. The molecule has 1 aromatic heterocycles. The summed E-state index contributed by atoms with van der Waals surface area (Å²) in [6, 6.07) is 45.4. The Morgan fingerprint density at radius 3 is 1.68 bits per heavy atom. The summed E-state index contributed by atoms with van der Waals surface area (Å²) in [7, 11) is 0. The summed E-state index contributed by atoms with van der Waals surface area (Å²) in [5.74, 6) is 0. The molecule has 0 saturated carbocycles. The van der Waals surface area contributed by atoms with E-state index >= 15 is 0 Å². The van der Waals surface area contributed by atoms with Gasteiger partial charge in [-0.2, -0.15) is 0 Å². The first-order valence-electron chi connectivity index (χ1n) is 23.3. The molecule has 0 atom stereocenters. The second-order valence-electron chi connectivity index (χ2n) is 23.5. The van der Waals surface area contributed by atoms with Crippen LogP contribution in [0, 0.1) is 6.92 Å². The normalized spacial score (nSPS) is 16.4. The molecule has 0 fully saturated rings. The third-order valence-electron chi connectivity index (χ3n) is 14.8. The number of aryl methyl sites for hydroxylation is 1.